The molecule has 2 aliphatic rings. The summed E-state index contributed by atoms with van der Waals surface area (Å²) in [5.41, 5.74) is 27.5. The predicted molar refractivity (Wildman–Crippen MR) is 470 cm³/mol. The highest BCUT2D eigenvalue weighted by molar-refractivity contribution is 7.00. The second kappa shape index (κ2) is 23.6. The second-order valence-corrected chi connectivity index (χ2v) is 30.0. The van der Waals surface area contributed by atoms with Crippen molar-refractivity contribution in [3.63, 3.8) is 0 Å². The van der Waals surface area contributed by atoms with Gasteiger partial charge >= 0.3 is 0 Å². The molecule has 0 amide bonds. The minimum atomic E-state index is -0.342. The molecule has 0 aliphatic carbocycles. The molecular formula is C106H64BN3. The van der Waals surface area contributed by atoms with Crippen molar-refractivity contribution in [2.45, 2.75) is 0 Å². The van der Waals surface area contributed by atoms with E-state index in [-0.39, 0.29) is 6.71 Å². The lowest BCUT2D eigenvalue weighted by atomic mass is 9.33. The number of hydrogen-bond donors (Lipinski definition) is 0. The standard InChI is InChI=1S/C106H64BN3/c1-5-25-65(26-6-1)78-41-23-42-79(66-27-7-2-8-28-66)105(78)109-94-59-55-73(76-57-53-71-37-19-47-86-84-45-17-33-69-35-21-49-88(98(69)84)102(76)100(71)86)61-90(94)107-91-62-74(77-58-54-72-38-20-48-87-85-46-18-34-70-36-22-50-89(99(70)85)103(77)101(72)87)56-60-95(91)110(106-80(67-29-9-3-10-30-67)43-24-44-81(106)68-31-11-4-12-32-68)97-64-75(63-96(109)104(97)107)108-92-51-15-13-39-82(92)83-40-14-16-52-93(83)108/h1-64H. The van der Waals surface area contributed by atoms with Crippen molar-refractivity contribution >= 4 is 165 Å². The average Bonchev–Trinajstić information content (AvgIpc) is 0.701. The van der Waals surface area contributed by atoms with E-state index in [1.165, 1.54) is 124 Å². The molecule has 0 fully saturated rings. The van der Waals surface area contributed by atoms with Crippen LogP contribution in [-0.2, 0) is 0 Å². The number of para-hydroxylation sites is 4. The van der Waals surface area contributed by atoms with E-state index in [1.807, 2.05) is 0 Å². The van der Waals surface area contributed by atoms with E-state index in [4.69, 9.17) is 0 Å². The normalized spacial score (nSPS) is 12.7. The SMILES string of the molecule is c1ccc(-c2cccc(-c3ccccc3)c2N2c3ccc(-c4ccc5cccc6c7cccc8cccc(c4c56)c87)cc3B3c4cc(-c5ccc6cccc7c8cccc9cccc(c5c67)c98)ccc4N(c4c(-c5ccccc5)cccc4-c4ccccc4)c4cc(-n5c6ccccc6c6ccccc65)cc2c43)cc1. The van der Waals surface area contributed by atoms with E-state index in [0.29, 0.717) is 0 Å². The Morgan fingerprint density at radius 1 is 0.191 bits per heavy atom. The lowest BCUT2D eigenvalue weighted by Crippen LogP contribution is -2.61. The van der Waals surface area contributed by atoms with Crippen molar-refractivity contribution < 1.29 is 0 Å². The maximum atomic E-state index is 2.71. The van der Waals surface area contributed by atoms with Crippen molar-refractivity contribution in [1.82, 2.24) is 4.57 Å². The van der Waals surface area contributed by atoms with Gasteiger partial charge < -0.3 is 14.4 Å². The lowest BCUT2D eigenvalue weighted by molar-refractivity contribution is 1.16. The van der Waals surface area contributed by atoms with Crippen LogP contribution in [-0.4, -0.2) is 11.3 Å². The summed E-state index contributed by atoms with van der Waals surface area (Å²) in [4.78, 5) is 5.41. The molecule has 22 aromatic rings. The van der Waals surface area contributed by atoms with Crippen LogP contribution in [0.2, 0.25) is 0 Å². The van der Waals surface area contributed by atoms with Crippen LogP contribution in [0.3, 0.4) is 0 Å². The third-order valence-electron chi connectivity index (χ3n) is 24.4. The number of benzene rings is 21. The Kier molecular flexibility index (Phi) is 13.1. The first-order valence-corrected chi connectivity index (χ1v) is 38.3. The summed E-state index contributed by atoms with van der Waals surface area (Å²) in [6.45, 7) is -0.342. The van der Waals surface area contributed by atoms with Gasteiger partial charge in [0.2, 0.25) is 0 Å². The summed E-state index contributed by atoms with van der Waals surface area (Å²) in [5.74, 6) is 0. The van der Waals surface area contributed by atoms with Gasteiger partial charge in [-0.1, -0.05) is 352 Å². The molecule has 506 valence electrons. The predicted octanol–water partition coefficient (Wildman–Crippen LogP) is 27.0. The summed E-state index contributed by atoms with van der Waals surface area (Å²) in [5, 5.41) is 22.8. The molecular weight excluding hydrogens is 1330 g/mol. The first kappa shape index (κ1) is 60.9. The van der Waals surface area contributed by atoms with Gasteiger partial charge in [0.05, 0.1) is 28.1 Å². The van der Waals surface area contributed by atoms with Crippen molar-refractivity contribution in [3.8, 4) is 72.4 Å². The fourth-order valence-electron chi connectivity index (χ4n) is 19.9. The number of fused-ring (bicyclic) bond motifs is 11. The summed E-state index contributed by atoms with van der Waals surface area (Å²) in [6.07, 6.45) is 0. The fourth-order valence-corrected chi connectivity index (χ4v) is 19.9. The van der Waals surface area contributed by atoms with Crippen LogP contribution in [0.15, 0.2) is 388 Å². The van der Waals surface area contributed by atoms with Crippen molar-refractivity contribution in [1.29, 1.82) is 0 Å². The van der Waals surface area contributed by atoms with Crippen LogP contribution in [0.4, 0.5) is 34.1 Å². The first-order chi connectivity index (χ1) is 54.6. The molecule has 110 heavy (non-hydrogen) atoms. The monoisotopic (exact) mass is 1390 g/mol. The van der Waals surface area contributed by atoms with Gasteiger partial charge in [-0.05, 0) is 183 Å². The zero-order chi connectivity index (χ0) is 71.8. The Morgan fingerprint density at radius 3 is 0.891 bits per heavy atom. The van der Waals surface area contributed by atoms with Gasteiger partial charge in [0.1, 0.15) is 0 Å². The smallest absolute Gasteiger partial charge is 0.252 e. The maximum Gasteiger partial charge on any atom is 0.252 e. The number of hydrogen-bond acceptors (Lipinski definition) is 2. The molecule has 1 aromatic heterocycles. The summed E-state index contributed by atoms with van der Waals surface area (Å²) in [6, 6.07) is 148. The quantitative estimate of drug-likeness (QED) is 0.0811. The maximum absolute atomic E-state index is 2.71. The van der Waals surface area contributed by atoms with Gasteiger partial charge in [0, 0.05) is 55.8 Å². The third-order valence-corrected chi connectivity index (χ3v) is 24.4. The third kappa shape index (κ3) is 8.73. The molecule has 3 nitrogen and oxygen atoms in total. The van der Waals surface area contributed by atoms with E-state index in [9.17, 15) is 0 Å². The molecule has 4 heteroatoms. The van der Waals surface area contributed by atoms with E-state index < -0.39 is 0 Å². The molecule has 0 spiro atoms. The van der Waals surface area contributed by atoms with E-state index in [2.05, 4.69) is 403 Å². The van der Waals surface area contributed by atoms with Gasteiger partial charge in [0.15, 0.2) is 0 Å². The largest absolute Gasteiger partial charge is 0.310 e. The molecule has 21 aromatic carbocycles. The van der Waals surface area contributed by atoms with Crippen LogP contribution < -0.4 is 26.2 Å². The van der Waals surface area contributed by atoms with E-state index in [0.717, 1.165) is 106 Å². The van der Waals surface area contributed by atoms with Crippen LogP contribution in [0, 0.1) is 0 Å². The number of anilines is 6. The van der Waals surface area contributed by atoms with Gasteiger partial charge in [0.25, 0.3) is 6.71 Å². The van der Waals surface area contributed by atoms with Crippen LogP contribution in [0.5, 0.6) is 0 Å². The molecule has 3 heterocycles. The molecule has 0 saturated heterocycles. The summed E-state index contributed by atoms with van der Waals surface area (Å²) < 4.78 is 2.54. The summed E-state index contributed by atoms with van der Waals surface area (Å²) >= 11 is 0. The second-order valence-electron chi connectivity index (χ2n) is 30.0. The van der Waals surface area contributed by atoms with Gasteiger partial charge in [-0.25, -0.2) is 0 Å². The van der Waals surface area contributed by atoms with E-state index in [1.54, 1.807) is 0 Å². The lowest BCUT2D eigenvalue weighted by Gasteiger charge is -2.46. The highest BCUT2D eigenvalue weighted by Crippen LogP contribution is 2.56. The zero-order valence-corrected chi connectivity index (χ0v) is 59.9. The van der Waals surface area contributed by atoms with Gasteiger partial charge in [-0.3, -0.25) is 0 Å². The molecule has 0 saturated carbocycles. The van der Waals surface area contributed by atoms with Crippen molar-refractivity contribution in [2.24, 2.45) is 0 Å². The zero-order valence-electron chi connectivity index (χ0n) is 59.9. The number of aromatic nitrogens is 1. The van der Waals surface area contributed by atoms with E-state index >= 15 is 0 Å². The van der Waals surface area contributed by atoms with Crippen LogP contribution in [0.1, 0.15) is 0 Å². The van der Waals surface area contributed by atoms with Gasteiger partial charge in [-0.15, -0.1) is 0 Å². The minimum Gasteiger partial charge on any atom is -0.310 e. The molecule has 2 aliphatic heterocycles. The molecule has 0 unspecified atom stereocenters. The number of nitrogens with zero attached hydrogens (tertiary/aromatic N) is 3. The Bertz CT molecular complexity index is 7020. The Morgan fingerprint density at radius 2 is 0.509 bits per heavy atom. The first-order valence-electron chi connectivity index (χ1n) is 38.3. The van der Waals surface area contributed by atoms with Crippen LogP contribution in [0.25, 0.3) is 180 Å². The summed E-state index contributed by atoms with van der Waals surface area (Å²) in [7, 11) is 0. The molecule has 0 atom stereocenters. The van der Waals surface area contributed by atoms with Gasteiger partial charge in [-0.2, -0.15) is 0 Å². The average molecular weight is 1390 g/mol. The van der Waals surface area contributed by atoms with Crippen molar-refractivity contribution in [2.75, 3.05) is 9.80 Å². The highest BCUT2D eigenvalue weighted by Gasteiger charge is 2.46. The van der Waals surface area contributed by atoms with Crippen LogP contribution >= 0.6 is 0 Å². The molecule has 0 N–H and O–H groups in total. The topological polar surface area (TPSA) is 11.4 Å². The van der Waals surface area contributed by atoms with Crippen molar-refractivity contribution in [3.05, 3.63) is 388 Å². The Balaban J connectivity index is 0.895. The molecule has 0 radical (unpaired) electrons. The Labute approximate surface area is 636 Å². The Hall–Kier alpha value is -14.3. The highest BCUT2D eigenvalue weighted by atomic mass is 15.2. The number of rotatable bonds is 9. The minimum absolute atomic E-state index is 0.342. The molecule has 24 rings (SSSR count). The fraction of sp³-hybridized carbons (Fsp3) is 0. The molecule has 0 bridgehead atoms.